The SMILES string of the molecule is CC(=O)/C(COc1ccc(N2CCn3c(C)nnc3C2)nn1)=C(\N)c1ccc(F)cc1. The van der Waals surface area contributed by atoms with Crippen LogP contribution in [0.15, 0.2) is 42.0 Å². The smallest absolute Gasteiger partial charge is 0.233 e. The van der Waals surface area contributed by atoms with Crippen LogP contribution in [0.25, 0.3) is 5.70 Å². The molecule has 10 heteroatoms. The number of halogens is 1. The van der Waals surface area contributed by atoms with Crippen LogP contribution < -0.4 is 15.4 Å². The minimum absolute atomic E-state index is 0.0708. The highest BCUT2D eigenvalue weighted by molar-refractivity contribution is 6.00. The van der Waals surface area contributed by atoms with E-state index >= 15 is 0 Å². The highest BCUT2D eigenvalue weighted by Crippen LogP contribution is 2.21. The van der Waals surface area contributed by atoms with E-state index in [9.17, 15) is 9.18 Å². The van der Waals surface area contributed by atoms with Gasteiger partial charge in [0, 0.05) is 24.9 Å². The van der Waals surface area contributed by atoms with E-state index in [0.29, 0.717) is 17.9 Å². The second-order valence-electron chi connectivity index (χ2n) is 7.21. The molecule has 2 aromatic heterocycles. The van der Waals surface area contributed by atoms with Crippen LogP contribution in [-0.2, 0) is 17.9 Å². The fraction of sp³-hybridized carbons (Fsp3) is 0.286. The number of benzene rings is 1. The number of Topliss-reactive ketones (excluding diaryl/α,β-unsaturated/α-hetero) is 1. The fourth-order valence-electron chi connectivity index (χ4n) is 3.38. The number of ketones is 1. The first-order valence-electron chi connectivity index (χ1n) is 9.78. The Morgan fingerprint density at radius 1 is 1.10 bits per heavy atom. The van der Waals surface area contributed by atoms with Crippen LogP contribution in [-0.4, -0.2) is 43.9 Å². The van der Waals surface area contributed by atoms with Crippen molar-refractivity contribution >= 4 is 17.3 Å². The van der Waals surface area contributed by atoms with Gasteiger partial charge < -0.3 is 19.9 Å². The third-order valence-corrected chi connectivity index (χ3v) is 5.16. The number of carbonyl (C=O) groups is 1. The summed E-state index contributed by atoms with van der Waals surface area (Å²) in [5, 5.41) is 16.6. The summed E-state index contributed by atoms with van der Waals surface area (Å²) in [6, 6.07) is 9.11. The number of nitrogens with two attached hydrogens (primary N) is 1. The lowest BCUT2D eigenvalue weighted by atomic mass is 10.0. The van der Waals surface area contributed by atoms with E-state index in [1.807, 2.05) is 13.0 Å². The van der Waals surface area contributed by atoms with Crippen LogP contribution in [0.2, 0.25) is 0 Å². The highest BCUT2D eigenvalue weighted by atomic mass is 19.1. The minimum Gasteiger partial charge on any atom is -0.472 e. The van der Waals surface area contributed by atoms with Gasteiger partial charge in [0.1, 0.15) is 18.2 Å². The van der Waals surface area contributed by atoms with E-state index in [-0.39, 0.29) is 35.4 Å². The van der Waals surface area contributed by atoms with Crippen molar-refractivity contribution in [2.24, 2.45) is 5.73 Å². The molecule has 1 aliphatic heterocycles. The van der Waals surface area contributed by atoms with E-state index < -0.39 is 0 Å². The lowest BCUT2D eigenvalue weighted by Crippen LogP contribution is -2.34. The minimum atomic E-state index is -0.378. The summed E-state index contributed by atoms with van der Waals surface area (Å²) in [5.74, 6) is 2.14. The number of ether oxygens (including phenoxy) is 1. The van der Waals surface area contributed by atoms with Crippen molar-refractivity contribution in [1.29, 1.82) is 0 Å². The molecule has 0 atom stereocenters. The Morgan fingerprint density at radius 2 is 1.87 bits per heavy atom. The zero-order valence-electron chi connectivity index (χ0n) is 17.2. The maximum atomic E-state index is 13.1. The van der Waals surface area contributed by atoms with E-state index in [1.165, 1.54) is 31.2 Å². The summed E-state index contributed by atoms with van der Waals surface area (Å²) in [6.07, 6.45) is 0. The van der Waals surface area contributed by atoms with Crippen molar-refractivity contribution < 1.29 is 13.9 Å². The van der Waals surface area contributed by atoms with Gasteiger partial charge in [-0.3, -0.25) is 4.79 Å². The van der Waals surface area contributed by atoms with Crippen molar-refractivity contribution in [3.05, 3.63) is 65.0 Å². The Hall–Kier alpha value is -3.82. The molecular weight excluding hydrogens is 401 g/mol. The first-order valence-corrected chi connectivity index (χ1v) is 9.78. The van der Waals surface area contributed by atoms with Crippen LogP contribution in [0.1, 0.15) is 24.1 Å². The number of carbonyl (C=O) groups excluding carboxylic acids is 1. The molecule has 0 radical (unpaired) electrons. The van der Waals surface area contributed by atoms with Gasteiger partial charge in [0.2, 0.25) is 5.88 Å². The van der Waals surface area contributed by atoms with Gasteiger partial charge in [0.25, 0.3) is 0 Å². The molecule has 3 aromatic rings. The number of aromatic nitrogens is 5. The number of fused-ring (bicyclic) bond motifs is 1. The van der Waals surface area contributed by atoms with Crippen LogP contribution in [0, 0.1) is 12.7 Å². The van der Waals surface area contributed by atoms with Crippen molar-refractivity contribution in [3.63, 3.8) is 0 Å². The van der Waals surface area contributed by atoms with E-state index in [0.717, 1.165) is 24.7 Å². The fourth-order valence-corrected chi connectivity index (χ4v) is 3.38. The van der Waals surface area contributed by atoms with Crippen LogP contribution in [0.4, 0.5) is 10.2 Å². The van der Waals surface area contributed by atoms with Crippen LogP contribution in [0.3, 0.4) is 0 Å². The van der Waals surface area contributed by atoms with Gasteiger partial charge in [-0.05, 0) is 49.7 Å². The van der Waals surface area contributed by atoms with Crippen molar-refractivity contribution in [1.82, 2.24) is 25.0 Å². The van der Waals surface area contributed by atoms with Crippen LogP contribution in [0.5, 0.6) is 5.88 Å². The molecule has 0 aliphatic carbocycles. The third-order valence-electron chi connectivity index (χ3n) is 5.16. The summed E-state index contributed by atoms with van der Waals surface area (Å²) in [6.45, 7) is 5.42. The van der Waals surface area contributed by atoms with Gasteiger partial charge in [-0.2, -0.15) is 0 Å². The monoisotopic (exact) mass is 423 g/mol. The number of rotatable bonds is 6. The lowest BCUT2D eigenvalue weighted by Gasteiger charge is -2.28. The average molecular weight is 423 g/mol. The predicted octanol–water partition coefficient (Wildman–Crippen LogP) is 1.87. The van der Waals surface area contributed by atoms with Crippen molar-refractivity contribution in [2.45, 2.75) is 26.9 Å². The second kappa shape index (κ2) is 8.50. The molecule has 4 rings (SSSR count). The molecule has 160 valence electrons. The molecule has 9 nitrogen and oxygen atoms in total. The molecule has 0 spiro atoms. The summed E-state index contributed by atoms with van der Waals surface area (Å²) in [5.41, 5.74) is 7.18. The highest BCUT2D eigenvalue weighted by Gasteiger charge is 2.21. The predicted molar refractivity (Wildman–Crippen MR) is 112 cm³/mol. The molecule has 1 aromatic carbocycles. The molecule has 0 bridgehead atoms. The lowest BCUT2D eigenvalue weighted by molar-refractivity contribution is -0.113. The second-order valence-corrected chi connectivity index (χ2v) is 7.21. The molecule has 3 heterocycles. The third kappa shape index (κ3) is 4.37. The van der Waals surface area contributed by atoms with E-state index in [4.69, 9.17) is 10.5 Å². The average Bonchev–Trinajstić information content (AvgIpc) is 3.14. The topological polar surface area (TPSA) is 112 Å². The summed E-state index contributed by atoms with van der Waals surface area (Å²) < 4.78 is 20.9. The Balaban J connectivity index is 1.44. The molecule has 2 N–H and O–H groups in total. The zero-order valence-corrected chi connectivity index (χ0v) is 17.2. The van der Waals surface area contributed by atoms with E-state index in [1.54, 1.807) is 6.07 Å². The van der Waals surface area contributed by atoms with Gasteiger partial charge in [-0.25, -0.2) is 4.39 Å². The molecule has 0 fully saturated rings. The Morgan fingerprint density at radius 3 is 2.55 bits per heavy atom. The van der Waals surface area contributed by atoms with Gasteiger partial charge >= 0.3 is 0 Å². The Kier molecular flexibility index (Phi) is 5.61. The maximum absolute atomic E-state index is 13.1. The first-order chi connectivity index (χ1) is 14.9. The van der Waals surface area contributed by atoms with Crippen molar-refractivity contribution in [2.75, 3.05) is 18.1 Å². The largest absolute Gasteiger partial charge is 0.472 e. The number of anilines is 1. The quantitative estimate of drug-likeness (QED) is 0.598. The Labute approximate surface area is 178 Å². The van der Waals surface area contributed by atoms with Crippen molar-refractivity contribution in [3.8, 4) is 5.88 Å². The molecule has 0 saturated heterocycles. The standard InChI is InChI=1S/C21H22FN7O2/c1-13(30)17(21(23)15-3-5-16(22)6-4-15)12-31-20-8-7-18(25-27-20)28-9-10-29-14(2)24-26-19(29)11-28/h3-8H,9-12,23H2,1-2H3/b21-17-. The Bertz CT molecular complexity index is 1120. The normalized spacial score (nSPS) is 14.1. The molecule has 31 heavy (non-hydrogen) atoms. The number of hydrogen-bond donors (Lipinski definition) is 1. The molecule has 1 aliphatic rings. The summed E-state index contributed by atoms with van der Waals surface area (Å²) >= 11 is 0. The molecule has 0 unspecified atom stereocenters. The summed E-state index contributed by atoms with van der Waals surface area (Å²) in [4.78, 5) is 14.1. The summed E-state index contributed by atoms with van der Waals surface area (Å²) in [7, 11) is 0. The number of hydrogen-bond acceptors (Lipinski definition) is 8. The molecule has 0 saturated carbocycles. The maximum Gasteiger partial charge on any atom is 0.233 e. The van der Waals surface area contributed by atoms with Gasteiger partial charge in [0.15, 0.2) is 17.4 Å². The molecular formula is C21H22FN7O2. The van der Waals surface area contributed by atoms with Gasteiger partial charge in [-0.1, -0.05) is 0 Å². The zero-order chi connectivity index (χ0) is 22.0. The number of nitrogens with zero attached hydrogens (tertiary/aromatic N) is 6. The van der Waals surface area contributed by atoms with Gasteiger partial charge in [0.05, 0.1) is 12.1 Å². The van der Waals surface area contributed by atoms with Gasteiger partial charge in [-0.15, -0.1) is 20.4 Å². The molecule has 0 amide bonds. The first kappa shape index (κ1) is 20.5. The number of aryl methyl sites for hydroxylation is 1. The van der Waals surface area contributed by atoms with E-state index in [2.05, 4.69) is 29.9 Å². The van der Waals surface area contributed by atoms with Crippen LogP contribution >= 0.6 is 0 Å².